The number of fused-ring (bicyclic) bond motifs is 3. The summed E-state index contributed by atoms with van der Waals surface area (Å²) in [6, 6.07) is 0. The van der Waals surface area contributed by atoms with E-state index in [0.717, 1.165) is 26.1 Å². The molecular weight excluding hydrogens is 254 g/mol. The number of likely N-dealkylation sites (tertiary alicyclic amines) is 1. The Balaban J connectivity index is 2.04. The first-order valence-corrected chi connectivity index (χ1v) is 6.97. The molecule has 2 atom stereocenters. The molecular formula is C11H15N3O3S. The fourth-order valence-corrected chi connectivity index (χ4v) is 4.35. The summed E-state index contributed by atoms with van der Waals surface area (Å²) >= 11 is 1.55. The predicted octanol–water partition coefficient (Wildman–Crippen LogP) is 0.0574. The van der Waals surface area contributed by atoms with Gasteiger partial charge in [-0.15, -0.1) is 11.8 Å². The molecule has 2 N–H and O–H groups in total. The first-order chi connectivity index (χ1) is 8.61. The molecule has 0 aromatic carbocycles. The molecule has 0 bridgehead atoms. The molecule has 1 saturated heterocycles. The highest BCUT2D eigenvalue weighted by molar-refractivity contribution is 8.00. The van der Waals surface area contributed by atoms with Crippen LogP contribution < -0.4 is 11.2 Å². The van der Waals surface area contributed by atoms with Crippen LogP contribution in [0.5, 0.6) is 0 Å². The lowest BCUT2D eigenvalue weighted by Gasteiger charge is -2.33. The van der Waals surface area contributed by atoms with Crippen molar-refractivity contribution in [3.05, 3.63) is 26.4 Å². The zero-order chi connectivity index (χ0) is 12.9. The summed E-state index contributed by atoms with van der Waals surface area (Å²) in [5, 5.41) is 10.3. The lowest BCUT2D eigenvalue weighted by molar-refractivity contribution is 0.155. The molecule has 0 spiro atoms. The zero-order valence-corrected chi connectivity index (χ0v) is 10.9. The minimum atomic E-state index is -0.753. The van der Waals surface area contributed by atoms with Gasteiger partial charge < -0.3 is 10.1 Å². The van der Waals surface area contributed by atoms with Crippen molar-refractivity contribution in [2.24, 2.45) is 0 Å². The van der Waals surface area contributed by atoms with E-state index in [1.807, 2.05) is 0 Å². The standard InChI is InChI=1S/C11H15N3O3S/c1-2-13-4-3-6-7(5-13)18-9-8(6)10(15)14(17)11(16)12-9/h6-7,17H,2-5H2,1H3,(H,12,16). The third-order valence-electron chi connectivity index (χ3n) is 3.81. The number of hydrogen-bond acceptors (Lipinski definition) is 5. The summed E-state index contributed by atoms with van der Waals surface area (Å²) in [5.41, 5.74) is -0.723. The second-order valence-electron chi connectivity index (χ2n) is 4.73. The topological polar surface area (TPSA) is 78.3 Å². The minimum Gasteiger partial charge on any atom is -0.421 e. The lowest BCUT2D eigenvalue weighted by atomic mass is 9.91. The molecule has 0 aliphatic carbocycles. The molecule has 1 fully saturated rings. The van der Waals surface area contributed by atoms with Crippen LogP contribution >= 0.6 is 11.8 Å². The van der Waals surface area contributed by atoms with Crippen LogP contribution in [0.2, 0.25) is 0 Å². The van der Waals surface area contributed by atoms with Gasteiger partial charge in [-0.1, -0.05) is 11.7 Å². The monoisotopic (exact) mass is 269 g/mol. The highest BCUT2D eigenvalue weighted by Crippen LogP contribution is 2.46. The van der Waals surface area contributed by atoms with E-state index in [4.69, 9.17) is 0 Å². The average Bonchev–Trinajstić information content (AvgIpc) is 2.72. The summed E-state index contributed by atoms with van der Waals surface area (Å²) < 4.78 is 0.188. The Labute approximate surface area is 108 Å². The van der Waals surface area contributed by atoms with Crippen molar-refractivity contribution in [3.63, 3.8) is 0 Å². The SMILES string of the molecule is CCN1CCC2c3c([nH]c(=O)n(O)c3=O)SC2C1. The number of thioether (sulfide) groups is 1. The normalized spacial score (nSPS) is 26.9. The fourth-order valence-electron chi connectivity index (χ4n) is 2.81. The van der Waals surface area contributed by atoms with E-state index in [2.05, 4.69) is 16.8 Å². The Bertz CT molecular complexity index is 594. The molecule has 18 heavy (non-hydrogen) atoms. The van der Waals surface area contributed by atoms with Gasteiger partial charge in [-0.05, 0) is 19.5 Å². The van der Waals surface area contributed by atoms with Crippen LogP contribution in [-0.2, 0) is 0 Å². The van der Waals surface area contributed by atoms with Gasteiger partial charge >= 0.3 is 5.69 Å². The molecule has 7 heteroatoms. The van der Waals surface area contributed by atoms with Gasteiger partial charge in [0.1, 0.15) is 0 Å². The average molecular weight is 269 g/mol. The fraction of sp³-hybridized carbons (Fsp3) is 0.636. The molecule has 6 nitrogen and oxygen atoms in total. The summed E-state index contributed by atoms with van der Waals surface area (Å²) in [6.07, 6.45) is 0.903. The molecule has 3 heterocycles. The van der Waals surface area contributed by atoms with Crippen molar-refractivity contribution in [3.8, 4) is 0 Å². The Hall–Kier alpha value is -1.21. The number of rotatable bonds is 1. The van der Waals surface area contributed by atoms with Gasteiger partial charge in [0, 0.05) is 17.7 Å². The Morgan fingerprint density at radius 1 is 1.50 bits per heavy atom. The summed E-state index contributed by atoms with van der Waals surface area (Å²) in [5.74, 6) is 0.149. The second-order valence-corrected chi connectivity index (χ2v) is 5.98. The zero-order valence-electron chi connectivity index (χ0n) is 10.0. The quantitative estimate of drug-likeness (QED) is 0.557. The van der Waals surface area contributed by atoms with Crippen LogP contribution in [0.15, 0.2) is 14.6 Å². The Kier molecular flexibility index (Phi) is 2.74. The molecule has 0 radical (unpaired) electrons. The van der Waals surface area contributed by atoms with Crippen LogP contribution in [0.4, 0.5) is 0 Å². The minimum absolute atomic E-state index is 0.149. The van der Waals surface area contributed by atoms with Crippen LogP contribution in [0, 0.1) is 0 Å². The molecule has 0 amide bonds. The first kappa shape index (κ1) is 11.9. The van der Waals surface area contributed by atoms with Crippen LogP contribution in [0.3, 0.4) is 0 Å². The van der Waals surface area contributed by atoms with Crippen LogP contribution in [-0.4, -0.2) is 44.7 Å². The van der Waals surface area contributed by atoms with Crippen molar-refractivity contribution >= 4 is 11.8 Å². The van der Waals surface area contributed by atoms with Crippen molar-refractivity contribution in [1.82, 2.24) is 14.6 Å². The van der Waals surface area contributed by atoms with Crippen molar-refractivity contribution in [2.45, 2.75) is 29.5 Å². The molecule has 1 aromatic heterocycles. The smallest absolute Gasteiger partial charge is 0.362 e. The molecule has 0 saturated carbocycles. The van der Waals surface area contributed by atoms with Gasteiger partial charge in [0.15, 0.2) is 0 Å². The van der Waals surface area contributed by atoms with E-state index < -0.39 is 11.2 Å². The number of aromatic amines is 1. The molecule has 98 valence electrons. The highest BCUT2D eigenvalue weighted by Gasteiger charge is 2.40. The highest BCUT2D eigenvalue weighted by atomic mass is 32.2. The summed E-state index contributed by atoms with van der Waals surface area (Å²) in [7, 11) is 0. The van der Waals surface area contributed by atoms with E-state index >= 15 is 0 Å². The molecule has 3 rings (SSSR count). The number of nitrogens with zero attached hydrogens (tertiary/aromatic N) is 2. The summed E-state index contributed by atoms with van der Waals surface area (Å²) in [4.78, 5) is 28.2. The Morgan fingerprint density at radius 2 is 2.28 bits per heavy atom. The number of hydrogen-bond donors (Lipinski definition) is 2. The largest absolute Gasteiger partial charge is 0.421 e. The number of nitrogens with one attached hydrogen (secondary N) is 1. The van der Waals surface area contributed by atoms with Crippen LogP contribution in [0.1, 0.15) is 24.8 Å². The Morgan fingerprint density at radius 3 is 3.00 bits per heavy atom. The molecule has 2 aliphatic rings. The number of aromatic nitrogens is 2. The van der Waals surface area contributed by atoms with Crippen molar-refractivity contribution < 1.29 is 5.21 Å². The second kappa shape index (κ2) is 4.17. The first-order valence-electron chi connectivity index (χ1n) is 6.09. The summed E-state index contributed by atoms with van der Waals surface area (Å²) in [6.45, 7) is 5.01. The maximum Gasteiger partial charge on any atom is 0.362 e. The maximum atomic E-state index is 12.0. The molecule has 1 aromatic rings. The van der Waals surface area contributed by atoms with E-state index in [1.165, 1.54) is 0 Å². The number of H-pyrrole nitrogens is 1. The molecule has 2 unspecified atom stereocenters. The van der Waals surface area contributed by atoms with Crippen molar-refractivity contribution in [2.75, 3.05) is 19.6 Å². The van der Waals surface area contributed by atoms with E-state index in [1.54, 1.807) is 11.8 Å². The maximum absolute atomic E-state index is 12.0. The van der Waals surface area contributed by atoms with E-state index in [0.29, 0.717) is 15.8 Å². The third kappa shape index (κ3) is 1.61. The van der Waals surface area contributed by atoms with Crippen molar-refractivity contribution in [1.29, 1.82) is 0 Å². The molecule has 2 aliphatic heterocycles. The predicted molar refractivity (Wildman–Crippen MR) is 67.6 cm³/mol. The third-order valence-corrected chi connectivity index (χ3v) is 5.15. The van der Waals surface area contributed by atoms with E-state index in [-0.39, 0.29) is 10.6 Å². The van der Waals surface area contributed by atoms with E-state index in [9.17, 15) is 14.8 Å². The number of piperidine rings is 1. The van der Waals surface area contributed by atoms with Gasteiger partial charge in [0.2, 0.25) is 0 Å². The van der Waals surface area contributed by atoms with Gasteiger partial charge in [-0.25, -0.2) is 4.79 Å². The van der Waals surface area contributed by atoms with Crippen LogP contribution in [0.25, 0.3) is 0 Å². The van der Waals surface area contributed by atoms with Gasteiger partial charge in [0.05, 0.1) is 10.6 Å². The lowest BCUT2D eigenvalue weighted by Crippen LogP contribution is -2.41. The van der Waals surface area contributed by atoms with Gasteiger partial charge in [-0.3, -0.25) is 9.78 Å². The van der Waals surface area contributed by atoms with Gasteiger partial charge in [0.25, 0.3) is 5.56 Å². The van der Waals surface area contributed by atoms with Gasteiger partial charge in [-0.2, -0.15) is 0 Å².